The number of rotatable bonds is 0. The van der Waals surface area contributed by atoms with Crippen LogP contribution in [-0.2, 0) is 0 Å². The molecule has 6 heteroatoms. The van der Waals surface area contributed by atoms with Crippen molar-refractivity contribution in [1.82, 2.24) is 18.8 Å². The van der Waals surface area contributed by atoms with Crippen LogP contribution in [0.1, 0.15) is 0 Å². The van der Waals surface area contributed by atoms with Crippen LogP contribution in [0.5, 0.6) is 0 Å². The van der Waals surface area contributed by atoms with Gasteiger partial charge in [0.25, 0.3) is 11.1 Å². The summed E-state index contributed by atoms with van der Waals surface area (Å²) in [5.74, 6) is 0. The Kier molecular flexibility index (Phi) is 4.85. The zero-order valence-electron chi connectivity index (χ0n) is 31.5. The lowest BCUT2D eigenvalue weighted by Gasteiger charge is -2.21. The Morgan fingerprint density at radius 3 is 0.917 bits per heavy atom. The van der Waals surface area contributed by atoms with Gasteiger partial charge in [-0.3, -0.25) is 18.4 Å². The summed E-state index contributed by atoms with van der Waals surface area (Å²) < 4.78 is 3.63. The van der Waals surface area contributed by atoms with Gasteiger partial charge in [-0.1, -0.05) is 97.1 Å². The van der Waals surface area contributed by atoms with Crippen molar-refractivity contribution in [3.8, 4) is 0 Å². The Morgan fingerprint density at radius 2 is 0.567 bits per heavy atom. The van der Waals surface area contributed by atoms with Crippen LogP contribution in [-0.4, -0.2) is 18.8 Å². The van der Waals surface area contributed by atoms with Gasteiger partial charge in [0.15, 0.2) is 0 Å². The van der Waals surface area contributed by atoms with Crippen molar-refractivity contribution in [3.63, 3.8) is 0 Å². The van der Waals surface area contributed by atoms with E-state index in [1.165, 1.54) is 10.8 Å². The fourth-order valence-corrected chi connectivity index (χ4v) is 11.7. The fraction of sp³-hybridized carbons (Fsp3) is 0. The van der Waals surface area contributed by atoms with Crippen molar-refractivity contribution in [2.24, 2.45) is 0 Å². The first kappa shape index (κ1) is 29.9. The van der Waals surface area contributed by atoms with E-state index in [1.54, 1.807) is 0 Å². The number of hydrogen-bond acceptors (Lipinski definition) is 4. The lowest BCUT2D eigenvalue weighted by molar-refractivity contribution is 1.15. The van der Waals surface area contributed by atoms with Gasteiger partial charge in [-0.05, 0) is 124 Å². The molecule has 0 N–H and O–H groups in total. The molecular formula is C54H24N4O2. The molecule has 4 heterocycles. The van der Waals surface area contributed by atoms with E-state index in [0.717, 1.165) is 119 Å². The van der Waals surface area contributed by atoms with Gasteiger partial charge in [0.2, 0.25) is 0 Å². The minimum Gasteiger partial charge on any atom is -0.268 e. The van der Waals surface area contributed by atoms with Gasteiger partial charge in [0.1, 0.15) is 11.3 Å². The molecule has 0 aliphatic rings. The van der Waals surface area contributed by atoms with Crippen LogP contribution in [0, 0.1) is 0 Å². The Hall–Kier alpha value is -8.22. The maximum absolute atomic E-state index is 14.7. The third-order valence-corrected chi connectivity index (χ3v) is 14.1. The average molecular weight is 761 g/mol. The first-order valence-corrected chi connectivity index (χ1v) is 20.3. The van der Waals surface area contributed by atoms with Crippen LogP contribution >= 0.6 is 0 Å². The van der Waals surface area contributed by atoms with Crippen LogP contribution in [0.4, 0.5) is 0 Å². The molecule has 272 valence electrons. The molecule has 0 unspecified atom stereocenters. The van der Waals surface area contributed by atoms with Gasteiger partial charge >= 0.3 is 0 Å². The zero-order chi connectivity index (χ0) is 38.9. The van der Waals surface area contributed by atoms with E-state index in [-0.39, 0.29) is 11.1 Å². The summed E-state index contributed by atoms with van der Waals surface area (Å²) in [5.41, 5.74) is 4.76. The second-order valence-electron chi connectivity index (χ2n) is 16.7. The molecule has 0 bridgehead atoms. The molecule has 0 aliphatic heterocycles. The average Bonchev–Trinajstić information content (AvgIpc) is 3.29. The van der Waals surface area contributed by atoms with E-state index in [0.29, 0.717) is 22.1 Å². The smallest absolute Gasteiger partial charge is 0.264 e. The van der Waals surface area contributed by atoms with E-state index in [1.807, 2.05) is 69.5 Å². The number of benzene rings is 12. The van der Waals surface area contributed by atoms with Crippen LogP contribution in [0.2, 0.25) is 0 Å². The first-order chi connectivity index (χ1) is 29.6. The molecule has 0 amide bonds. The molecule has 6 nitrogen and oxygen atoms in total. The van der Waals surface area contributed by atoms with Crippen LogP contribution < -0.4 is 11.1 Å². The van der Waals surface area contributed by atoms with Crippen molar-refractivity contribution >= 4 is 152 Å². The number of aromatic nitrogens is 4. The molecule has 12 aromatic carbocycles. The van der Waals surface area contributed by atoms with E-state index in [9.17, 15) is 9.59 Å². The van der Waals surface area contributed by atoms with E-state index in [2.05, 4.69) is 84.9 Å². The maximum Gasteiger partial charge on any atom is 0.264 e. The van der Waals surface area contributed by atoms with Crippen molar-refractivity contribution in [2.45, 2.75) is 0 Å². The molecule has 0 atom stereocenters. The number of nitrogens with zero attached hydrogens (tertiary/aromatic N) is 4. The minimum absolute atomic E-state index is 0.0540. The third-order valence-electron chi connectivity index (χ3n) is 14.1. The number of hydrogen-bond donors (Lipinski definition) is 0. The molecule has 16 rings (SSSR count). The largest absolute Gasteiger partial charge is 0.268 e. The second-order valence-corrected chi connectivity index (χ2v) is 16.7. The van der Waals surface area contributed by atoms with E-state index >= 15 is 0 Å². The number of fused-ring (bicyclic) bond motifs is 10. The SMILES string of the molecule is O=c1c2ccc3c4ccc5c6ccc7c(=O)n8c9cccc%10cccc(nc8c8ccc(c%11ccc(c%12ccc(c2c3%12)c2nc3cccc%12cccc(c%123)n12)c4c5%11)c6c78)c%109. The molecular weight excluding hydrogens is 737 g/mol. The summed E-state index contributed by atoms with van der Waals surface area (Å²) in [7, 11) is 0. The van der Waals surface area contributed by atoms with Gasteiger partial charge in [-0.2, -0.15) is 0 Å². The van der Waals surface area contributed by atoms with Crippen molar-refractivity contribution in [1.29, 1.82) is 0 Å². The van der Waals surface area contributed by atoms with Gasteiger partial charge in [0.05, 0.1) is 22.1 Å². The Labute approximate surface area is 335 Å². The fourth-order valence-electron chi connectivity index (χ4n) is 11.7. The predicted octanol–water partition coefficient (Wildman–Crippen LogP) is 12.4. The molecule has 0 radical (unpaired) electrons. The molecule has 0 aliphatic carbocycles. The van der Waals surface area contributed by atoms with Crippen molar-refractivity contribution in [3.05, 3.63) is 166 Å². The monoisotopic (exact) mass is 760 g/mol. The van der Waals surface area contributed by atoms with Crippen molar-refractivity contribution < 1.29 is 0 Å². The second kappa shape index (κ2) is 9.72. The normalized spacial score (nSPS) is 13.1. The Balaban J connectivity index is 1.06. The molecule has 0 saturated carbocycles. The standard InChI is InChI=1S/C54H24N4O2/c59-53-37-23-19-33-29-15-16-30-34-20-24-38-50-36(52-56-40-10-2-6-26-8-4-12-42(44(26)40)58(52)54(38)60)22-18-32(48(34)50)28-14-13-27(45(29)46(28)30)31-17-21-35(49(37)47(31)33)51-55-39-9-1-5-25-7-3-11-41(43(25)39)57(51)53/h1-24H. The highest BCUT2D eigenvalue weighted by Crippen LogP contribution is 2.50. The highest BCUT2D eigenvalue weighted by Gasteiger charge is 2.25. The highest BCUT2D eigenvalue weighted by molar-refractivity contribution is 6.45. The maximum atomic E-state index is 14.7. The Bertz CT molecular complexity index is 4430. The third kappa shape index (κ3) is 3.15. The summed E-state index contributed by atoms with van der Waals surface area (Å²) >= 11 is 0. The zero-order valence-corrected chi connectivity index (χ0v) is 31.5. The molecule has 0 fully saturated rings. The lowest BCUT2D eigenvalue weighted by Crippen LogP contribution is -2.16. The van der Waals surface area contributed by atoms with Crippen LogP contribution in [0.3, 0.4) is 0 Å². The van der Waals surface area contributed by atoms with E-state index in [4.69, 9.17) is 9.97 Å². The quantitative estimate of drug-likeness (QED) is 0.114. The molecule has 16 aromatic rings. The Morgan fingerprint density at radius 1 is 0.283 bits per heavy atom. The number of pyridine rings is 2. The molecule has 0 spiro atoms. The topological polar surface area (TPSA) is 68.7 Å². The van der Waals surface area contributed by atoms with E-state index < -0.39 is 0 Å². The summed E-state index contributed by atoms with van der Waals surface area (Å²) in [6.45, 7) is 0. The summed E-state index contributed by atoms with van der Waals surface area (Å²) in [6, 6.07) is 50.8. The predicted molar refractivity (Wildman–Crippen MR) is 249 cm³/mol. The van der Waals surface area contributed by atoms with Crippen LogP contribution in [0.15, 0.2) is 155 Å². The molecule has 4 aromatic heterocycles. The lowest BCUT2D eigenvalue weighted by atomic mass is 9.82. The molecule has 0 saturated heterocycles. The van der Waals surface area contributed by atoms with Gasteiger partial charge < -0.3 is 0 Å². The minimum atomic E-state index is -0.0540. The first-order valence-electron chi connectivity index (χ1n) is 20.3. The van der Waals surface area contributed by atoms with Gasteiger partial charge in [0, 0.05) is 43.1 Å². The van der Waals surface area contributed by atoms with Gasteiger partial charge in [-0.15, -0.1) is 0 Å². The summed E-state index contributed by atoms with van der Waals surface area (Å²) in [5, 5.41) is 23.1. The summed E-state index contributed by atoms with van der Waals surface area (Å²) in [4.78, 5) is 39.7. The van der Waals surface area contributed by atoms with Crippen molar-refractivity contribution in [2.75, 3.05) is 0 Å². The van der Waals surface area contributed by atoms with Crippen LogP contribution in [0.25, 0.3) is 152 Å². The highest BCUT2D eigenvalue weighted by atomic mass is 16.1. The summed E-state index contributed by atoms with van der Waals surface area (Å²) in [6.07, 6.45) is 0. The molecule has 60 heavy (non-hydrogen) atoms. The van der Waals surface area contributed by atoms with Gasteiger partial charge in [-0.25, -0.2) is 9.97 Å².